The minimum Gasteiger partial charge on any atom is -0.467 e. The van der Waals surface area contributed by atoms with Gasteiger partial charge in [0.15, 0.2) is 0 Å². The van der Waals surface area contributed by atoms with Crippen LogP contribution in [0.4, 0.5) is 0 Å². The van der Waals surface area contributed by atoms with Crippen LogP contribution in [0.2, 0.25) is 0 Å². The van der Waals surface area contributed by atoms with Crippen molar-refractivity contribution in [1.82, 2.24) is 5.32 Å². The van der Waals surface area contributed by atoms with Gasteiger partial charge in [0.05, 0.1) is 12.7 Å². The van der Waals surface area contributed by atoms with Gasteiger partial charge in [-0.05, 0) is 40.4 Å². The van der Waals surface area contributed by atoms with Crippen molar-refractivity contribution in [3.8, 4) is 0 Å². The first-order valence-corrected chi connectivity index (χ1v) is 6.88. The predicted molar refractivity (Wildman–Crippen MR) is 76.9 cm³/mol. The second-order valence-corrected chi connectivity index (χ2v) is 5.51. The maximum atomic E-state index is 12.1. The number of hydrogen-bond acceptors (Lipinski definition) is 3. The molecule has 0 fully saturated rings. The monoisotopic (exact) mass is 327 g/mol. The fourth-order valence-electron chi connectivity index (χ4n) is 1.71. The summed E-state index contributed by atoms with van der Waals surface area (Å²) in [5.74, 6) is -0.429. The molecule has 5 heteroatoms. The number of ether oxygens (including phenoxy) is 1. The molecule has 104 valence electrons. The molecule has 0 radical (unpaired) electrons. The van der Waals surface area contributed by atoms with Gasteiger partial charge in [-0.25, -0.2) is 4.79 Å². The molecule has 1 aromatic rings. The second kappa shape index (κ2) is 7.28. The first kappa shape index (κ1) is 15.7. The van der Waals surface area contributed by atoms with Crippen LogP contribution in [-0.2, 0) is 9.53 Å². The van der Waals surface area contributed by atoms with Gasteiger partial charge in [0.2, 0.25) is 0 Å². The Morgan fingerprint density at radius 2 is 1.95 bits per heavy atom. The van der Waals surface area contributed by atoms with Crippen LogP contribution in [0.3, 0.4) is 0 Å². The van der Waals surface area contributed by atoms with Crippen LogP contribution in [0.15, 0.2) is 28.7 Å². The summed E-state index contributed by atoms with van der Waals surface area (Å²) >= 11 is 3.31. The summed E-state index contributed by atoms with van der Waals surface area (Å²) in [6, 6.07) is 6.46. The van der Waals surface area contributed by atoms with E-state index in [1.807, 2.05) is 19.9 Å². The quantitative estimate of drug-likeness (QED) is 0.846. The Morgan fingerprint density at radius 3 is 2.47 bits per heavy atom. The lowest BCUT2D eigenvalue weighted by atomic mass is 10.0. The normalized spacial score (nSPS) is 12.1. The Kier molecular flexibility index (Phi) is 6.02. The van der Waals surface area contributed by atoms with Crippen LogP contribution in [0.5, 0.6) is 0 Å². The first-order valence-electron chi connectivity index (χ1n) is 6.09. The molecule has 1 N–H and O–H groups in total. The Hall–Kier alpha value is -1.36. The molecule has 1 unspecified atom stereocenters. The second-order valence-electron chi connectivity index (χ2n) is 4.66. The van der Waals surface area contributed by atoms with Gasteiger partial charge in [0.1, 0.15) is 6.04 Å². The molecule has 1 amide bonds. The highest BCUT2D eigenvalue weighted by Crippen LogP contribution is 2.16. The van der Waals surface area contributed by atoms with Gasteiger partial charge < -0.3 is 10.1 Å². The minimum atomic E-state index is -0.621. The number of halogens is 1. The molecular formula is C14H18BrNO3. The largest absolute Gasteiger partial charge is 0.467 e. The summed E-state index contributed by atoms with van der Waals surface area (Å²) < 4.78 is 5.41. The fourth-order valence-corrected chi connectivity index (χ4v) is 2.17. The van der Waals surface area contributed by atoms with Gasteiger partial charge in [-0.15, -0.1) is 0 Å². The molecule has 4 nitrogen and oxygen atoms in total. The maximum Gasteiger partial charge on any atom is 0.328 e. The average molecular weight is 328 g/mol. The molecule has 0 heterocycles. The van der Waals surface area contributed by atoms with E-state index < -0.39 is 12.0 Å². The van der Waals surface area contributed by atoms with E-state index in [1.54, 1.807) is 18.2 Å². The molecule has 1 atom stereocenters. The van der Waals surface area contributed by atoms with E-state index in [-0.39, 0.29) is 11.8 Å². The van der Waals surface area contributed by atoms with Crippen LogP contribution in [0.25, 0.3) is 0 Å². The van der Waals surface area contributed by atoms with Crippen molar-refractivity contribution in [3.05, 3.63) is 34.3 Å². The molecule has 0 aliphatic rings. The van der Waals surface area contributed by atoms with Gasteiger partial charge in [-0.1, -0.05) is 26.0 Å². The number of carbonyl (C=O) groups is 2. The number of esters is 1. The molecular weight excluding hydrogens is 310 g/mol. The zero-order valence-electron chi connectivity index (χ0n) is 11.3. The van der Waals surface area contributed by atoms with E-state index in [9.17, 15) is 9.59 Å². The van der Waals surface area contributed by atoms with Gasteiger partial charge in [-0.3, -0.25) is 4.79 Å². The number of rotatable bonds is 5. The Balaban J connectivity index is 2.82. The molecule has 0 spiro atoms. The number of carbonyl (C=O) groups excluding carboxylic acids is 2. The van der Waals surface area contributed by atoms with Crippen molar-refractivity contribution in [2.24, 2.45) is 5.92 Å². The Bertz CT molecular complexity index is 460. The highest BCUT2D eigenvalue weighted by atomic mass is 79.9. The zero-order chi connectivity index (χ0) is 14.4. The fraction of sp³-hybridized carbons (Fsp3) is 0.429. The third kappa shape index (κ3) is 4.67. The molecule has 1 aromatic carbocycles. The molecule has 1 rings (SSSR count). The average Bonchev–Trinajstić information content (AvgIpc) is 2.36. The van der Waals surface area contributed by atoms with Crippen molar-refractivity contribution < 1.29 is 14.3 Å². The summed E-state index contributed by atoms with van der Waals surface area (Å²) in [6.45, 7) is 3.97. The van der Waals surface area contributed by atoms with E-state index >= 15 is 0 Å². The standard InChI is InChI=1S/C14H18BrNO3/c1-9(2)8-12(14(18)19-3)16-13(17)10-6-4-5-7-11(10)15/h4-7,9,12H,8H2,1-3H3,(H,16,17). The molecule has 0 bridgehead atoms. The number of hydrogen-bond donors (Lipinski definition) is 1. The number of methoxy groups -OCH3 is 1. The van der Waals surface area contributed by atoms with Crippen molar-refractivity contribution in [2.45, 2.75) is 26.3 Å². The molecule has 0 saturated carbocycles. The molecule has 0 aromatic heterocycles. The lowest BCUT2D eigenvalue weighted by Crippen LogP contribution is -2.42. The Labute approximate surface area is 121 Å². The first-order chi connectivity index (χ1) is 8.95. The minimum absolute atomic E-state index is 0.281. The summed E-state index contributed by atoms with van der Waals surface area (Å²) in [4.78, 5) is 23.8. The van der Waals surface area contributed by atoms with Crippen LogP contribution < -0.4 is 5.32 Å². The number of amides is 1. The van der Waals surface area contributed by atoms with Crippen LogP contribution in [-0.4, -0.2) is 25.0 Å². The van der Waals surface area contributed by atoms with E-state index in [1.165, 1.54) is 7.11 Å². The maximum absolute atomic E-state index is 12.1. The predicted octanol–water partition coefficient (Wildman–Crippen LogP) is 2.77. The third-order valence-corrected chi connectivity index (χ3v) is 3.31. The van der Waals surface area contributed by atoms with Crippen molar-refractivity contribution >= 4 is 27.8 Å². The summed E-state index contributed by atoms with van der Waals surface area (Å²) in [6.07, 6.45) is 0.545. The molecule has 0 aliphatic heterocycles. The topological polar surface area (TPSA) is 55.4 Å². The zero-order valence-corrected chi connectivity index (χ0v) is 12.9. The van der Waals surface area contributed by atoms with E-state index in [0.717, 1.165) is 0 Å². The summed E-state index contributed by atoms with van der Waals surface area (Å²) in [5.41, 5.74) is 0.500. The smallest absolute Gasteiger partial charge is 0.328 e. The molecule has 19 heavy (non-hydrogen) atoms. The van der Waals surface area contributed by atoms with Crippen molar-refractivity contribution in [2.75, 3.05) is 7.11 Å². The lowest BCUT2D eigenvalue weighted by Gasteiger charge is -2.18. The van der Waals surface area contributed by atoms with Crippen molar-refractivity contribution in [1.29, 1.82) is 0 Å². The van der Waals surface area contributed by atoms with Gasteiger partial charge in [-0.2, -0.15) is 0 Å². The highest BCUT2D eigenvalue weighted by molar-refractivity contribution is 9.10. The van der Waals surface area contributed by atoms with Crippen LogP contribution in [0, 0.1) is 5.92 Å². The number of benzene rings is 1. The lowest BCUT2D eigenvalue weighted by molar-refractivity contribution is -0.143. The van der Waals surface area contributed by atoms with E-state index in [4.69, 9.17) is 4.74 Å². The van der Waals surface area contributed by atoms with E-state index in [2.05, 4.69) is 21.2 Å². The summed E-state index contributed by atoms with van der Waals surface area (Å²) in [5, 5.41) is 2.71. The van der Waals surface area contributed by atoms with Gasteiger partial charge in [0.25, 0.3) is 5.91 Å². The SMILES string of the molecule is COC(=O)C(CC(C)C)NC(=O)c1ccccc1Br. The van der Waals surface area contributed by atoms with Crippen LogP contribution >= 0.6 is 15.9 Å². The van der Waals surface area contributed by atoms with E-state index in [0.29, 0.717) is 16.5 Å². The molecule has 0 saturated heterocycles. The molecule has 0 aliphatic carbocycles. The Morgan fingerprint density at radius 1 is 1.32 bits per heavy atom. The number of nitrogens with one attached hydrogen (secondary N) is 1. The summed E-state index contributed by atoms with van der Waals surface area (Å²) in [7, 11) is 1.32. The van der Waals surface area contributed by atoms with Gasteiger partial charge >= 0.3 is 5.97 Å². The highest BCUT2D eigenvalue weighted by Gasteiger charge is 2.23. The third-order valence-electron chi connectivity index (χ3n) is 2.62. The van der Waals surface area contributed by atoms with Gasteiger partial charge in [0, 0.05) is 4.47 Å². The van der Waals surface area contributed by atoms with Crippen LogP contribution in [0.1, 0.15) is 30.6 Å². The van der Waals surface area contributed by atoms with Crippen molar-refractivity contribution in [3.63, 3.8) is 0 Å².